The van der Waals surface area contributed by atoms with Crippen molar-refractivity contribution < 1.29 is 19.0 Å². The number of hydrogen-bond acceptors (Lipinski definition) is 4. The molecule has 0 aliphatic carbocycles. The van der Waals surface area contributed by atoms with Gasteiger partial charge < -0.3 is 19.5 Å². The number of benzene rings is 3. The van der Waals surface area contributed by atoms with Gasteiger partial charge >= 0.3 is 0 Å². The maximum atomic E-state index is 12.6. The number of ether oxygens (including phenoxy) is 3. The summed E-state index contributed by atoms with van der Waals surface area (Å²) in [5.74, 6) is 2.10. The van der Waals surface area contributed by atoms with Crippen LogP contribution in [0.5, 0.6) is 23.0 Å². The predicted octanol–water partition coefficient (Wildman–Crippen LogP) is 5.16. The van der Waals surface area contributed by atoms with Gasteiger partial charge in [0.05, 0.1) is 10.7 Å². The molecule has 6 heteroatoms. The fourth-order valence-electron chi connectivity index (χ4n) is 2.68. The van der Waals surface area contributed by atoms with Gasteiger partial charge in [0.15, 0.2) is 11.5 Å². The Balaban J connectivity index is 1.52. The van der Waals surface area contributed by atoms with Gasteiger partial charge in [-0.05, 0) is 30.3 Å². The molecule has 136 valence electrons. The molecule has 0 bridgehead atoms. The zero-order chi connectivity index (χ0) is 18.6. The quantitative estimate of drug-likeness (QED) is 0.678. The molecule has 0 radical (unpaired) electrons. The van der Waals surface area contributed by atoms with Gasteiger partial charge in [-0.1, -0.05) is 35.9 Å². The lowest BCUT2D eigenvalue weighted by molar-refractivity contribution is 0.102. The first kappa shape index (κ1) is 17.2. The molecule has 1 aliphatic heterocycles. The second-order valence-corrected chi connectivity index (χ2v) is 6.28. The van der Waals surface area contributed by atoms with E-state index in [1.807, 2.05) is 30.3 Å². The largest absolute Gasteiger partial charge is 0.486 e. The van der Waals surface area contributed by atoms with Crippen molar-refractivity contribution in [1.29, 1.82) is 0 Å². The Morgan fingerprint density at radius 3 is 2.37 bits per heavy atom. The van der Waals surface area contributed by atoms with Gasteiger partial charge in [0.1, 0.15) is 24.7 Å². The highest BCUT2D eigenvalue weighted by Crippen LogP contribution is 2.38. The summed E-state index contributed by atoms with van der Waals surface area (Å²) in [4.78, 5) is 12.6. The van der Waals surface area contributed by atoms with E-state index in [0.29, 0.717) is 52.5 Å². The van der Waals surface area contributed by atoms with E-state index >= 15 is 0 Å². The second-order valence-electron chi connectivity index (χ2n) is 5.87. The van der Waals surface area contributed by atoms with E-state index in [-0.39, 0.29) is 5.91 Å². The maximum absolute atomic E-state index is 12.6. The normalized spacial score (nSPS) is 12.3. The molecule has 3 aromatic rings. The van der Waals surface area contributed by atoms with E-state index in [9.17, 15) is 4.79 Å². The van der Waals surface area contributed by atoms with Crippen LogP contribution in [-0.2, 0) is 0 Å². The molecule has 1 heterocycles. The van der Waals surface area contributed by atoms with E-state index in [4.69, 9.17) is 25.8 Å². The lowest BCUT2D eigenvalue weighted by atomic mass is 10.2. The fraction of sp³-hybridized carbons (Fsp3) is 0.0952. The number of carbonyl (C=O) groups is 1. The summed E-state index contributed by atoms with van der Waals surface area (Å²) in [5.41, 5.74) is 0.912. The number of anilines is 1. The molecule has 0 atom stereocenters. The lowest BCUT2D eigenvalue weighted by Crippen LogP contribution is -2.17. The molecule has 27 heavy (non-hydrogen) atoms. The van der Waals surface area contributed by atoms with Gasteiger partial charge in [0.25, 0.3) is 5.91 Å². The van der Waals surface area contributed by atoms with Gasteiger partial charge in [-0.15, -0.1) is 0 Å². The van der Waals surface area contributed by atoms with E-state index in [0.717, 1.165) is 0 Å². The average molecular weight is 382 g/mol. The first-order valence-corrected chi connectivity index (χ1v) is 8.80. The van der Waals surface area contributed by atoms with Crippen molar-refractivity contribution in [3.05, 3.63) is 77.3 Å². The fourth-order valence-corrected chi connectivity index (χ4v) is 2.88. The summed E-state index contributed by atoms with van der Waals surface area (Å²) >= 11 is 6.26. The standard InChI is InChI=1S/C21H16ClNO4/c22-17-12-19-20(26-10-9-25-19)13-18(17)23-21(24)14-5-4-8-16(11-14)27-15-6-2-1-3-7-15/h1-8,11-13H,9-10H2,(H,23,24). The predicted molar refractivity (Wildman–Crippen MR) is 103 cm³/mol. The van der Waals surface area contributed by atoms with E-state index in [1.54, 1.807) is 36.4 Å². The van der Waals surface area contributed by atoms with Crippen LogP contribution in [0.1, 0.15) is 10.4 Å². The van der Waals surface area contributed by atoms with Crippen LogP contribution in [-0.4, -0.2) is 19.1 Å². The van der Waals surface area contributed by atoms with Crippen molar-refractivity contribution in [2.75, 3.05) is 18.5 Å². The average Bonchev–Trinajstić information content (AvgIpc) is 2.69. The first-order chi connectivity index (χ1) is 13.2. The molecule has 0 unspecified atom stereocenters. The zero-order valence-electron chi connectivity index (χ0n) is 14.3. The number of hydrogen-bond donors (Lipinski definition) is 1. The third-order valence-electron chi connectivity index (χ3n) is 3.96. The van der Waals surface area contributed by atoms with Crippen molar-refractivity contribution >= 4 is 23.2 Å². The summed E-state index contributed by atoms with van der Waals surface area (Å²) in [6.07, 6.45) is 0. The highest BCUT2D eigenvalue weighted by Gasteiger charge is 2.17. The van der Waals surface area contributed by atoms with Crippen molar-refractivity contribution in [3.8, 4) is 23.0 Å². The van der Waals surface area contributed by atoms with Crippen molar-refractivity contribution in [3.63, 3.8) is 0 Å². The van der Waals surface area contributed by atoms with Crippen molar-refractivity contribution in [2.45, 2.75) is 0 Å². The molecule has 1 amide bonds. The van der Waals surface area contributed by atoms with Crippen molar-refractivity contribution in [1.82, 2.24) is 0 Å². The summed E-state index contributed by atoms with van der Waals surface area (Å²) in [6.45, 7) is 0.935. The molecule has 0 fully saturated rings. The zero-order valence-corrected chi connectivity index (χ0v) is 15.0. The molecule has 3 aromatic carbocycles. The van der Waals surface area contributed by atoms with Crippen LogP contribution in [0, 0.1) is 0 Å². The topological polar surface area (TPSA) is 56.8 Å². The number of amides is 1. The number of para-hydroxylation sites is 1. The first-order valence-electron chi connectivity index (χ1n) is 8.42. The summed E-state index contributed by atoms with van der Waals surface area (Å²) in [7, 11) is 0. The summed E-state index contributed by atoms with van der Waals surface area (Å²) < 4.78 is 16.8. The van der Waals surface area contributed by atoms with Crippen LogP contribution in [0.25, 0.3) is 0 Å². The molecule has 0 spiro atoms. The molecule has 0 saturated heterocycles. The molecule has 4 rings (SSSR count). The minimum absolute atomic E-state index is 0.299. The number of fused-ring (bicyclic) bond motifs is 1. The maximum Gasteiger partial charge on any atom is 0.255 e. The Morgan fingerprint density at radius 1 is 0.889 bits per heavy atom. The van der Waals surface area contributed by atoms with Crippen LogP contribution in [0.4, 0.5) is 5.69 Å². The highest BCUT2D eigenvalue weighted by atomic mass is 35.5. The van der Waals surface area contributed by atoms with Gasteiger partial charge in [0.2, 0.25) is 0 Å². The second kappa shape index (κ2) is 7.60. The Morgan fingerprint density at radius 2 is 1.59 bits per heavy atom. The van der Waals surface area contributed by atoms with Gasteiger partial charge in [-0.25, -0.2) is 0 Å². The van der Waals surface area contributed by atoms with Crippen LogP contribution in [0.2, 0.25) is 5.02 Å². The van der Waals surface area contributed by atoms with Gasteiger partial charge in [-0.2, -0.15) is 0 Å². The van der Waals surface area contributed by atoms with E-state index < -0.39 is 0 Å². The third-order valence-corrected chi connectivity index (χ3v) is 4.27. The number of nitrogens with one attached hydrogen (secondary N) is 1. The van der Waals surface area contributed by atoms with Crippen LogP contribution in [0.3, 0.4) is 0 Å². The van der Waals surface area contributed by atoms with Crippen LogP contribution in [0.15, 0.2) is 66.7 Å². The summed E-state index contributed by atoms with van der Waals surface area (Å²) in [5, 5.41) is 3.18. The molecule has 5 nitrogen and oxygen atoms in total. The monoisotopic (exact) mass is 381 g/mol. The molecule has 1 aliphatic rings. The highest BCUT2D eigenvalue weighted by molar-refractivity contribution is 6.34. The number of halogens is 1. The van der Waals surface area contributed by atoms with E-state index in [2.05, 4.69) is 5.32 Å². The smallest absolute Gasteiger partial charge is 0.255 e. The van der Waals surface area contributed by atoms with Crippen molar-refractivity contribution in [2.24, 2.45) is 0 Å². The molecular formula is C21H16ClNO4. The van der Waals surface area contributed by atoms with Crippen LogP contribution >= 0.6 is 11.6 Å². The summed E-state index contributed by atoms with van der Waals surface area (Å²) in [6, 6.07) is 19.6. The molecule has 0 aromatic heterocycles. The number of rotatable bonds is 4. The molecule has 0 saturated carbocycles. The number of carbonyl (C=O) groups excluding carboxylic acids is 1. The van der Waals surface area contributed by atoms with Gasteiger partial charge in [0, 0.05) is 17.7 Å². The Hall–Kier alpha value is -3.18. The minimum atomic E-state index is -0.299. The Kier molecular flexibility index (Phi) is 4.85. The molecular weight excluding hydrogens is 366 g/mol. The lowest BCUT2D eigenvalue weighted by Gasteiger charge is -2.20. The Bertz CT molecular complexity index is 975. The van der Waals surface area contributed by atoms with E-state index in [1.165, 1.54) is 0 Å². The minimum Gasteiger partial charge on any atom is -0.486 e. The Labute approximate surface area is 161 Å². The van der Waals surface area contributed by atoms with Crippen LogP contribution < -0.4 is 19.5 Å². The van der Waals surface area contributed by atoms with Gasteiger partial charge in [-0.3, -0.25) is 4.79 Å². The SMILES string of the molecule is O=C(Nc1cc2c(cc1Cl)OCCO2)c1cccc(Oc2ccccc2)c1. The molecule has 1 N–H and O–H groups in total. The third kappa shape index (κ3) is 3.99.